The van der Waals surface area contributed by atoms with Gasteiger partial charge in [-0.3, -0.25) is 14.4 Å². The Bertz CT molecular complexity index is 744. The van der Waals surface area contributed by atoms with Crippen LogP contribution >= 0.6 is 12.6 Å². The lowest BCUT2D eigenvalue weighted by Gasteiger charge is -2.23. The number of H-pyrrole nitrogens is 1. The van der Waals surface area contributed by atoms with Crippen LogP contribution < -0.4 is 21.7 Å². The molecular formula is C18H30N6O6S. The Morgan fingerprint density at radius 1 is 1.10 bits per heavy atom. The Hall–Kier alpha value is -2.64. The average Bonchev–Trinajstić information content (AvgIpc) is 3.21. The minimum absolute atomic E-state index is 0.0732. The summed E-state index contributed by atoms with van der Waals surface area (Å²) in [6.45, 7) is 3.02. The number of thiol groups is 1. The van der Waals surface area contributed by atoms with E-state index in [1.165, 1.54) is 12.5 Å². The lowest BCUT2D eigenvalue weighted by molar-refractivity contribution is -0.142. The van der Waals surface area contributed by atoms with E-state index in [0.717, 1.165) is 0 Å². The highest BCUT2D eigenvalue weighted by atomic mass is 32.1. The number of aromatic amines is 1. The number of aliphatic carboxylic acids is 1. The van der Waals surface area contributed by atoms with Crippen molar-refractivity contribution in [1.82, 2.24) is 25.9 Å². The van der Waals surface area contributed by atoms with Gasteiger partial charge in [0.15, 0.2) is 0 Å². The Kier molecular flexibility index (Phi) is 11.0. The number of carboxylic acids is 1. The Morgan fingerprint density at radius 3 is 2.16 bits per heavy atom. The van der Waals surface area contributed by atoms with E-state index >= 15 is 0 Å². The molecule has 0 aromatic carbocycles. The lowest BCUT2D eigenvalue weighted by atomic mass is 10.0. The molecular weight excluding hydrogens is 428 g/mol. The SMILES string of the molecule is CC(C)CC(N)C(=O)NC(CS)C(=O)NC(CO)C(=O)NC(Cc1cnc[nH]1)C(=O)O. The summed E-state index contributed by atoms with van der Waals surface area (Å²) in [5.74, 6) is -3.42. The molecule has 12 nitrogen and oxygen atoms in total. The topological polar surface area (TPSA) is 200 Å². The molecule has 0 spiro atoms. The maximum atomic E-state index is 12.5. The van der Waals surface area contributed by atoms with Crippen molar-refractivity contribution in [3.05, 3.63) is 18.2 Å². The maximum Gasteiger partial charge on any atom is 0.326 e. The minimum atomic E-state index is -1.43. The number of nitrogens with two attached hydrogens (primary N) is 1. The van der Waals surface area contributed by atoms with Crippen LogP contribution in [0.15, 0.2) is 12.5 Å². The number of aromatic nitrogens is 2. The monoisotopic (exact) mass is 458 g/mol. The molecule has 31 heavy (non-hydrogen) atoms. The van der Waals surface area contributed by atoms with Crippen molar-refractivity contribution >= 4 is 36.3 Å². The van der Waals surface area contributed by atoms with Gasteiger partial charge in [0.05, 0.1) is 19.0 Å². The fourth-order valence-corrected chi connectivity index (χ4v) is 2.90. The summed E-state index contributed by atoms with van der Waals surface area (Å²) in [6.07, 6.45) is 3.13. The highest BCUT2D eigenvalue weighted by molar-refractivity contribution is 7.80. The third-order valence-electron chi connectivity index (χ3n) is 4.29. The van der Waals surface area contributed by atoms with Crippen LogP contribution in [0.5, 0.6) is 0 Å². The van der Waals surface area contributed by atoms with Crippen LogP contribution in [0.3, 0.4) is 0 Å². The minimum Gasteiger partial charge on any atom is -0.480 e. The van der Waals surface area contributed by atoms with Crippen molar-refractivity contribution in [1.29, 1.82) is 0 Å². The first-order valence-corrected chi connectivity index (χ1v) is 10.3. The number of rotatable bonds is 13. The lowest BCUT2D eigenvalue weighted by Crippen LogP contribution is -2.58. The van der Waals surface area contributed by atoms with Crippen molar-refractivity contribution in [2.45, 2.75) is 50.9 Å². The van der Waals surface area contributed by atoms with Crippen LogP contribution in [-0.2, 0) is 25.6 Å². The van der Waals surface area contributed by atoms with E-state index in [-0.39, 0.29) is 18.1 Å². The van der Waals surface area contributed by atoms with Crippen molar-refractivity contribution in [2.75, 3.05) is 12.4 Å². The number of imidazole rings is 1. The number of amides is 3. The summed E-state index contributed by atoms with van der Waals surface area (Å²) in [7, 11) is 0. The number of carboxylic acid groups (broad SMARTS) is 1. The van der Waals surface area contributed by atoms with Gasteiger partial charge in [0.1, 0.15) is 18.1 Å². The fourth-order valence-electron chi connectivity index (χ4n) is 2.64. The zero-order valence-electron chi connectivity index (χ0n) is 17.4. The third kappa shape index (κ3) is 8.94. The van der Waals surface area contributed by atoms with Gasteiger partial charge in [0, 0.05) is 24.1 Å². The number of aliphatic hydroxyl groups excluding tert-OH is 1. The third-order valence-corrected chi connectivity index (χ3v) is 4.65. The molecule has 4 unspecified atom stereocenters. The van der Waals surface area contributed by atoms with Gasteiger partial charge in [0.25, 0.3) is 0 Å². The van der Waals surface area contributed by atoms with Crippen LogP contribution in [-0.4, -0.2) is 80.4 Å². The first-order valence-electron chi connectivity index (χ1n) is 9.67. The number of aliphatic hydroxyl groups is 1. The van der Waals surface area contributed by atoms with Crippen LogP contribution in [0, 0.1) is 5.92 Å². The van der Waals surface area contributed by atoms with Crippen molar-refractivity contribution in [3.63, 3.8) is 0 Å². The second-order valence-electron chi connectivity index (χ2n) is 7.40. The van der Waals surface area contributed by atoms with E-state index in [0.29, 0.717) is 12.1 Å². The highest BCUT2D eigenvalue weighted by Gasteiger charge is 2.29. The van der Waals surface area contributed by atoms with E-state index in [2.05, 4.69) is 38.5 Å². The molecule has 0 aliphatic heterocycles. The number of hydrogen-bond donors (Lipinski definition) is 8. The Morgan fingerprint density at radius 2 is 1.68 bits per heavy atom. The van der Waals surface area contributed by atoms with E-state index in [1.807, 2.05) is 13.8 Å². The normalized spacial score (nSPS) is 14.9. The zero-order chi connectivity index (χ0) is 23.6. The molecule has 0 saturated heterocycles. The number of nitrogens with one attached hydrogen (secondary N) is 4. The van der Waals surface area contributed by atoms with Crippen LogP contribution in [0.2, 0.25) is 0 Å². The first kappa shape index (κ1) is 26.4. The number of carbonyl (C=O) groups is 4. The molecule has 1 aromatic heterocycles. The van der Waals surface area contributed by atoms with E-state index in [9.17, 15) is 29.4 Å². The van der Waals surface area contributed by atoms with Crippen LogP contribution in [0.1, 0.15) is 26.0 Å². The zero-order valence-corrected chi connectivity index (χ0v) is 18.3. The molecule has 174 valence electrons. The van der Waals surface area contributed by atoms with E-state index in [1.54, 1.807) is 0 Å². The molecule has 0 fully saturated rings. The molecule has 0 aliphatic carbocycles. The van der Waals surface area contributed by atoms with E-state index in [4.69, 9.17) is 5.73 Å². The van der Waals surface area contributed by atoms with Gasteiger partial charge in [-0.25, -0.2) is 9.78 Å². The smallest absolute Gasteiger partial charge is 0.326 e. The molecule has 1 aromatic rings. The molecule has 3 amide bonds. The quantitative estimate of drug-likeness (QED) is 0.152. The summed E-state index contributed by atoms with van der Waals surface area (Å²) < 4.78 is 0. The van der Waals surface area contributed by atoms with Gasteiger partial charge in [-0.15, -0.1) is 0 Å². The molecule has 13 heteroatoms. The van der Waals surface area contributed by atoms with Crippen LogP contribution in [0.25, 0.3) is 0 Å². The molecule has 0 radical (unpaired) electrons. The van der Waals surface area contributed by atoms with Gasteiger partial charge in [-0.05, 0) is 12.3 Å². The number of hydrogen-bond acceptors (Lipinski definition) is 8. The Labute approximate surface area is 185 Å². The maximum absolute atomic E-state index is 12.5. The molecule has 0 bridgehead atoms. The highest BCUT2D eigenvalue weighted by Crippen LogP contribution is 2.04. The van der Waals surface area contributed by atoms with Crippen LogP contribution in [0.4, 0.5) is 0 Å². The predicted octanol–water partition coefficient (Wildman–Crippen LogP) is -2.21. The van der Waals surface area contributed by atoms with Gasteiger partial charge in [-0.2, -0.15) is 12.6 Å². The molecule has 8 N–H and O–H groups in total. The van der Waals surface area contributed by atoms with E-state index < -0.39 is 54.5 Å². The summed E-state index contributed by atoms with van der Waals surface area (Å²) >= 11 is 4.04. The van der Waals surface area contributed by atoms with Crippen molar-refractivity contribution < 1.29 is 29.4 Å². The predicted molar refractivity (Wildman–Crippen MR) is 114 cm³/mol. The number of nitrogens with zero attached hydrogens (tertiary/aromatic N) is 1. The molecule has 1 rings (SSSR count). The average molecular weight is 459 g/mol. The van der Waals surface area contributed by atoms with Gasteiger partial charge in [-0.1, -0.05) is 13.8 Å². The molecule has 1 heterocycles. The first-order chi connectivity index (χ1) is 14.6. The van der Waals surface area contributed by atoms with Gasteiger partial charge in [0.2, 0.25) is 17.7 Å². The molecule has 4 atom stereocenters. The standard InChI is InChI=1S/C18H30N6O6S/c1-9(2)3-11(19)15(26)24-14(7-31)17(28)23-13(6-25)16(27)22-12(18(29)30)4-10-5-20-8-21-10/h5,8-9,11-14,25,31H,3-4,6-7,19H2,1-2H3,(H,20,21)(H,22,27)(H,23,28)(H,24,26)(H,29,30). The second kappa shape index (κ2) is 12.9. The largest absolute Gasteiger partial charge is 0.480 e. The van der Waals surface area contributed by atoms with Gasteiger partial charge < -0.3 is 36.9 Å². The number of carbonyl (C=O) groups excluding carboxylic acids is 3. The molecule has 0 saturated carbocycles. The summed E-state index contributed by atoms with van der Waals surface area (Å²) in [6, 6.07) is -4.66. The summed E-state index contributed by atoms with van der Waals surface area (Å²) in [4.78, 5) is 55.0. The molecule has 0 aliphatic rings. The van der Waals surface area contributed by atoms with Crippen molar-refractivity contribution in [2.24, 2.45) is 11.7 Å². The van der Waals surface area contributed by atoms with Crippen molar-refractivity contribution in [3.8, 4) is 0 Å². The Balaban J connectivity index is 2.72. The summed E-state index contributed by atoms with van der Waals surface area (Å²) in [5.41, 5.74) is 6.28. The van der Waals surface area contributed by atoms with Gasteiger partial charge >= 0.3 is 5.97 Å². The fraction of sp³-hybridized carbons (Fsp3) is 0.611. The second-order valence-corrected chi connectivity index (χ2v) is 7.77. The summed E-state index contributed by atoms with van der Waals surface area (Å²) in [5, 5.41) is 25.8.